The number of aromatic nitrogens is 2. The molecule has 2 N–H and O–H groups in total. The summed E-state index contributed by atoms with van der Waals surface area (Å²) >= 11 is 0. The van der Waals surface area contributed by atoms with E-state index in [9.17, 15) is 9.59 Å². The lowest BCUT2D eigenvalue weighted by molar-refractivity contribution is 0.0696. The van der Waals surface area contributed by atoms with Gasteiger partial charge in [-0.2, -0.15) is 0 Å². The first kappa shape index (κ1) is 15.1. The molecule has 1 aliphatic rings. The lowest BCUT2D eigenvalue weighted by Crippen LogP contribution is -2.31. The standard InChI is InChI=1S/C19H15N3O3/c23-18-16-11-15(6-5-12(16)7-8-21-18)22-10-9-20-17(22)13-1-3-14(4-2-13)19(24)25/h1-6,9-11H,7-8H2,(H,21,23)(H,24,25). The van der Waals surface area contributed by atoms with Gasteiger partial charge in [0.15, 0.2) is 0 Å². The highest BCUT2D eigenvalue weighted by atomic mass is 16.4. The topological polar surface area (TPSA) is 84.2 Å². The number of carbonyl (C=O) groups excluding carboxylic acids is 1. The van der Waals surface area contributed by atoms with E-state index in [0.29, 0.717) is 17.9 Å². The minimum absolute atomic E-state index is 0.0597. The average molecular weight is 333 g/mol. The van der Waals surface area contributed by atoms with Gasteiger partial charge in [0, 0.05) is 35.8 Å². The van der Waals surface area contributed by atoms with Crippen molar-refractivity contribution in [3.8, 4) is 17.1 Å². The van der Waals surface area contributed by atoms with Gasteiger partial charge >= 0.3 is 5.97 Å². The number of carbonyl (C=O) groups is 2. The second-order valence-electron chi connectivity index (χ2n) is 5.85. The van der Waals surface area contributed by atoms with E-state index in [2.05, 4.69) is 10.3 Å². The molecular weight excluding hydrogens is 318 g/mol. The van der Waals surface area contributed by atoms with Crippen LogP contribution in [-0.2, 0) is 6.42 Å². The molecule has 2 aromatic carbocycles. The average Bonchev–Trinajstić information content (AvgIpc) is 3.11. The number of benzene rings is 2. The van der Waals surface area contributed by atoms with Crippen molar-refractivity contribution >= 4 is 11.9 Å². The Morgan fingerprint density at radius 1 is 1.16 bits per heavy atom. The summed E-state index contributed by atoms with van der Waals surface area (Å²) in [5.41, 5.74) is 3.60. The van der Waals surface area contributed by atoms with Crippen LogP contribution in [0.25, 0.3) is 17.1 Å². The first-order valence-corrected chi connectivity index (χ1v) is 7.92. The van der Waals surface area contributed by atoms with E-state index in [1.165, 1.54) is 0 Å². The summed E-state index contributed by atoms with van der Waals surface area (Å²) in [6.07, 6.45) is 4.33. The number of imidazole rings is 1. The molecule has 3 aromatic rings. The molecule has 4 rings (SSSR count). The zero-order chi connectivity index (χ0) is 17.4. The van der Waals surface area contributed by atoms with Crippen LogP contribution < -0.4 is 5.32 Å². The van der Waals surface area contributed by atoms with Crippen LogP contribution in [0.15, 0.2) is 54.9 Å². The smallest absolute Gasteiger partial charge is 0.335 e. The van der Waals surface area contributed by atoms with Crippen molar-refractivity contribution < 1.29 is 14.7 Å². The molecule has 0 unspecified atom stereocenters. The number of amides is 1. The van der Waals surface area contributed by atoms with Crippen molar-refractivity contribution in [3.63, 3.8) is 0 Å². The van der Waals surface area contributed by atoms with Gasteiger partial charge in [-0.25, -0.2) is 9.78 Å². The molecule has 0 aliphatic carbocycles. The molecule has 0 saturated heterocycles. The Balaban J connectivity index is 1.76. The van der Waals surface area contributed by atoms with Crippen LogP contribution in [0.5, 0.6) is 0 Å². The lowest BCUT2D eigenvalue weighted by Gasteiger charge is -2.18. The van der Waals surface area contributed by atoms with E-state index < -0.39 is 5.97 Å². The largest absolute Gasteiger partial charge is 0.478 e. The fraction of sp³-hybridized carbons (Fsp3) is 0.105. The van der Waals surface area contributed by atoms with Gasteiger partial charge < -0.3 is 10.4 Å². The number of hydrogen-bond donors (Lipinski definition) is 2. The van der Waals surface area contributed by atoms with Gasteiger partial charge in [-0.15, -0.1) is 0 Å². The van der Waals surface area contributed by atoms with Gasteiger partial charge in [-0.1, -0.05) is 18.2 Å². The second-order valence-corrected chi connectivity index (χ2v) is 5.85. The molecule has 6 heteroatoms. The quantitative estimate of drug-likeness (QED) is 0.771. The van der Waals surface area contributed by atoms with Crippen molar-refractivity contribution in [3.05, 3.63) is 71.5 Å². The predicted octanol–water partition coefficient (Wildman–Crippen LogP) is 2.52. The van der Waals surface area contributed by atoms with E-state index in [-0.39, 0.29) is 11.5 Å². The van der Waals surface area contributed by atoms with Crippen molar-refractivity contribution in [1.82, 2.24) is 14.9 Å². The third-order valence-electron chi connectivity index (χ3n) is 4.33. The number of nitrogens with one attached hydrogen (secondary N) is 1. The van der Waals surface area contributed by atoms with Crippen LogP contribution in [-0.4, -0.2) is 33.1 Å². The molecule has 2 heterocycles. The first-order valence-electron chi connectivity index (χ1n) is 7.92. The van der Waals surface area contributed by atoms with Gasteiger partial charge in [0.25, 0.3) is 5.91 Å². The number of rotatable bonds is 3. The van der Waals surface area contributed by atoms with E-state index in [1.54, 1.807) is 30.5 Å². The highest BCUT2D eigenvalue weighted by Gasteiger charge is 2.18. The molecule has 0 fully saturated rings. The van der Waals surface area contributed by atoms with Gasteiger partial charge in [-0.05, 0) is 36.2 Å². The highest BCUT2D eigenvalue weighted by Crippen LogP contribution is 2.24. The van der Waals surface area contributed by atoms with Crippen LogP contribution in [0.3, 0.4) is 0 Å². The molecule has 1 aromatic heterocycles. The molecule has 1 amide bonds. The van der Waals surface area contributed by atoms with Gasteiger partial charge in [0.1, 0.15) is 5.82 Å². The Kier molecular flexibility index (Phi) is 3.57. The van der Waals surface area contributed by atoms with Crippen LogP contribution in [0.1, 0.15) is 26.3 Å². The number of carboxylic acids is 1. The fourth-order valence-corrected chi connectivity index (χ4v) is 3.04. The number of carboxylic acid groups (broad SMARTS) is 1. The third kappa shape index (κ3) is 2.67. The third-order valence-corrected chi connectivity index (χ3v) is 4.33. The molecule has 1 aliphatic heterocycles. The minimum Gasteiger partial charge on any atom is -0.478 e. The van der Waals surface area contributed by atoms with E-state index >= 15 is 0 Å². The maximum atomic E-state index is 12.1. The maximum absolute atomic E-state index is 12.1. The Bertz CT molecular complexity index is 974. The molecule has 0 spiro atoms. The van der Waals surface area contributed by atoms with Gasteiger partial charge in [0.2, 0.25) is 0 Å². The molecule has 6 nitrogen and oxygen atoms in total. The van der Waals surface area contributed by atoms with Crippen molar-refractivity contribution in [1.29, 1.82) is 0 Å². The zero-order valence-corrected chi connectivity index (χ0v) is 13.3. The van der Waals surface area contributed by atoms with Gasteiger partial charge in [0.05, 0.1) is 5.56 Å². The summed E-state index contributed by atoms with van der Waals surface area (Å²) in [7, 11) is 0. The second kappa shape index (κ2) is 5.90. The summed E-state index contributed by atoms with van der Waals surface area (Å²) in [5.74, 6) is -0.334. The fourth-order valence-electron chi connectivity index (χ4n) is 3.04. The van der Waals surface area contributed by atoms with Crippen LogP contribution >= 0.6 is 0 Å². The summed E-state index contributed by atoms with van der Waals surface area (Å²) in [5, 5.41) is 11.9. The van der Waals surface area contributed by atoms with Crippen LogP contribution in [0.2, 0.25) is 0 Å². The Morgan fingerprint density at radius 3 is 2.72 bits per heavy atom. The molecule has 124 valence electrons. The number of fused-ring (bicyclic) bond motifs is 1. The molecule has 25 heavy (non-hydrogen) atoms. The van der Waals surface area contributed by atoms with E-state index in [0.717, 1.165) is 23.2 Å². The SMILES string of the molecule is O=C(O)c1ccc(-c2nccn2-c2ccc3c(c2)C(=O)NCC3)cc1. The predicted molar refractivity (Wildman–Crippen MR) is 92.0 cm³/mol. The number of aromatic carboxylic acids is 1. The normalized spacial score (nSPS) is 13.2. The summed E-state index contributed by atoms with van der Waals surface area (Å²) in [4.78, 5) is 27.5. The molecule has 0 saturated carbocycles. The number of hydrogen-bond acceptors (Lipinski definition) is 3. The van der Waals surface area contributed by atoms with Gasteiger partial charge in [-0.3, -0.25) is 9.36 Å². The summed E-state index contributed by atoms with van der Waals surface area (Å²) < 4.78 is 1.89. The zero-order valence-electron chi connectivity index (χ0n) is 13.3. The highest BCUT2D eigenvalue weighted by molar-refractivity contribution is 5.97. The number of nitrogens with zero attached hydrogens (tertiary/aromatic N) is 2. The minimum atomic E-state index is -0.962. The van der Waals surface area contributed by atoms with Crippen molar-refractivity contribution in [2.75, 3.05) is 6.54 Å². The Labute approximate surface area is 143 Å². The Morgan fingerprint density at radius 2 is 1.96 bits per heavy atom. The maximum Gasteiger partial charge on any atom is 0.335 e. The lowest BCUT2D eigenvalue weighted by atomic mass is 9.99. The molecule has 0 atom stereocenters. The van der Waals surface area contributed by atoms with E-state index in [1.807, 2.05) is 29.0 Å². The molecule has 0 radical (unpaired) electrons. The summed E-state index contributed by atoms with van der Waals surface area (Å²) in [6.45, 7) is 0.664. The molecule has 0 bridgehead atoms. The Hall–Kier alpha value is -3.41. The van der Waals surface area contributed by atoms with Crippen molar-refractivity contribution in [2.45, 2.75) is 6.42 Å². The summed E-state index contributed by atoms with van der Waals surface area (Å²) in [6, 6.07) is 12.4. The monoisotopic (exact) mass is 333 g/mol. The molecular formula is C19H15N3O3. The van der Waals surface area contributed by atoms with Crippen LogP contribution in [0, 0.1) is 0 Å². The van der Waals surface area contributed by atoms with E-state index in [4.69, 9.17) is 5.11 Å². The first-order chi connectivity index (χ1) is 12.1. The van der Waals surface area contributed by atoms with Crippen molar-refractivity contribution in [2.24, 2.45) is 0 Å². The van der Waals surface area contributed by atoms with Crippen LogP contribution in [0.4, 0.5) is 0 Å².